The molecule has 0 aliphatic heterocycles. The molecule has 0 atom stereocenters. The van der Waals surface area contributed by atoms with Crippen LogP contribution < -0.4 is 0 Å². The van der Waals surface area contributed by atoms with Gasteiger partial charge < -0.3 is 4.74 Å². The highest BCUT2D eigenvalue weighted by molar-refractivity contribution is 5.20. The molecule has 0 N–H and O–H groups in total. The topological polar surface area (TPSA) is 22.1 Å². The molecule has 0 aliphatic carbocycles. The number of pyridine rings is 1. The average molecular weight is 164 g/mol. The van der Waals surface area contributed by atoms with E-state index in [2.05, 4.69) is 18.1 Å². The summed E-state index contributed by atoms with van der Waals surface area (Å²) in [4.78, 5) is 3.94. The van der Waals surface area contributed by atoms with Crippen LogP contribution in [0.25, 0.3) is 0 Å². The molecule has 0 unspecified atom stereocenters. The highest BCUT2D eigenvalue weighted by Crippen LogP contribution is 2.04. The molecule has 1 radical (unpaired) electrons. The van der Waals surface area contributed by atoms with Gasteiger partial charge in [0.2, 0.25) is 0 Å². The van der Waals surface area contributed by atoms with Crippen LogP contribution in [0.5, 0.6) is 0 Å². The van der Waals surface area contributed by atoms with Gasteiger partial charge in [0.05, 0.1) is 12.8 Å². The van der Waals surface area contributed by atoms with Crippen molar-refractivity contribution in [1.29, 1.82) is 0 Å². The minimum atomic E-state index is 0.763. The highest BCUT2D eigenvalue weighted by Gasteiger charge is 1.96. The molecule has 0 amide bonds. The van der Waals surface area contributed by atoms with Crippen LogP contribution in [-0.4, -0.2) is 18.2 Å². The molecule has 0 bridgehead atoms. The van der Waals surface area contributed by atoms with Crippen molar-refractivity contribution in [3.05, 3.63) is 29.6 Å². The second-order valence-electron chi connectivity index (χ2n) is 2.67. The summed E-state index contributed by atoms with van der Waals surface area (Å²) in [5.74, 6) is 0. The van der Waals surface area contributed by atoms with E-state index < -0.39 is 0 Å². The summed E-state index contributed by atoms with van der Waals surface area (Å²) >= 11 is 0. The standard InChI is InChI=1S/C10H14NO/c1-3-12-7-5-10-8-11-6-4-9(10)2/h4,6H,3,5,7H2,1-2H3. The van der Waals surface area contributed by atoms with Crippen molar-refractivity contribution in [2.75, 3.05) is 13.2 Å². The molecule has 0 saturated carbocycles. The van der Waals surface area contributed by atoms with Gasteiger partial charge in [-0.3, -0.25) is 4.98 Å². The minimum Gasteiger partial charge on any atom is -0.381 e. The summed E-state index contributed by atoms with van der Waals surface area (Å²) < 4.78 is 5.24. The van der Waals surface area contributed by atoms with Gasteiger partial charge in [-0.05, 0) is 37.5 Å². The van der Waals surface area contributed by atoms with Gasteiger partial charge in [-0.25, -0.2) is 0 Å². The third-order valence-electron chi connectivity index (χ3n) is 1.78. The van der Waals surface area contributed by atoms with E-state index in [-0.39, 0.29) is 0 Å². The van der Waals surface area contributed by atoms with E-state index in [0.717, 1.165) is 25.2 Å². The zero-order chi connectivity index (χ0) is 8.81. The third-order valence-corrected chi connectivity index (χ3v) is 1.78. The molecule has 65 valence electrons. The van der Waals surface area contributed by atoms with Crippen LogP contribution in [0.4, 0.5) is 0 Å². The predicted molar refractivity (Wildman–Crippen MR) is 48.0 cm³/mol. The van der Waals surface area contributed by atoms with E-state index in [1.165, 1.54) is 5.56 Å². The van der Waals surface area contributed by atoms with Crippen molar-refractivity contribution in [3.63, 3.8) is 0 Å². The normalized spacial score (nSPS) is 10.2. The van der Waals surface area contributed by atoms with Crippen LogP contribution >= 0.6 is 0 Å². The van der Waals surface area contributed by atoms with Gasteiger partial charge in [-0.1, -0.05) is 0 Å². The van der Waals surface area contributed by atoms with Gasteiger partial charge in [-0.15, -0.1) is 0 Å². The van der Waals surface area contributed by atoms with Crippen LogP contribution in [0.1, 0.15) is 18.1 Å². The molecule has 1 heterocycles. The lowest BCUT2D eigenvalue weighted by atomic mass is 10.1. The van der Waals surface area contributed by atoms with Gasteiger partial charge in [0.15, 0.2) is 0 Å². The van der Waals surface area contributed by atoms with Crippen LogP contribution in [-0.2, 0) is 11.2 Å². The Morgan fingerprint density at radius 2 is 2.42 bits per heavy atom. The number of rotatable bonds is 4. The lowest BCUT2D eigenvalue weighted by Gasteiger charge is -2.03. The van der Waals surface area contributed by atoms with Crippen LogP contribution in [0, 0.1) is 13.1 Å². The monoisotopic (exact) mass is 164 g/mol. The summed E-state index contributed by atoms with van der Waals surface area (Å²) in [5.41, 5.74) is 2.40. The highest BCUT2D eigenvalue weighted by atomic mass is 16.5. The maximum atomic E-state index is 5.24. The SMILES string of the molecule is CCOCCc1[c]nccc1C. The van der Waals surface area contributed by atoms with Crippen molar-refractivity contribution in [2.45, 2.75) is 20.3 Å². The summed E-state index contributed by atoms with van der Waals surface area (Å²) in [7, 11) is 0. The van der Waals surface area contributed by atoms with Gasteiger partial charge in [0, 0.05) is 12.8 Å². The van der Waals surface area contributed by atoms with Crippen molar-refractivity contribution < 1.29 is 4.74 Å². The molecular weight excluding hydrogens is 150 g/mol. The minimum absolute atomic E-state index is 0.763. The first-order valence-corrected chi connectivity index (χ1v) is 4.24. The van der Waals surface area contributed by atoms with Gasteiger partial charge in [0.25, 0.3) is 0 Å². The van der Waals surface area contributed by atoms with E-state index in [1.54, 1.807) is 6.20 Å². The molecular formula is C10H14NO. The molecule has 0 saturated heterocycles. The Kier molecular flexibility index (Phi) is 3.74. The number of ether oxygens (including phenoxy) is 1. The van der Waals surface area contributed by atoms with Gasteiger partial charge in [-0.2, -0.15) is 0 Å². The maximum absolute atomic E-state index is 5.24. The van der Waals surface area contributed by atoms with Crippen molar-refractivity contribution in [1.82, 2.24) is 4.98 Å². The first-order valence-electron chi connectivity index (χ1n) is 4.24. The summed E-state index contributed by atoms with van der Waals surface area (Å²) in [6.07, 6.45) is 5.64. The quantitative estimate of drug-likeness (QED) is 0.633. The van der Waals surface area contributed by atoms with Crippen LogP contribution in [0.2, 0.25) is 0 Å². The Balaban J connectivity index is 2.46. The molecule has 2 heteroatoms. The summed E-state index contributed by atoms with van der Waals surface area (Å²) in [6.45, 7) is 5.61. The molecule has 1 rings (SSSR count). The Morgan fingerprint density at radius 1 is 1.58 bits per heavy atom. The first-order chi connectivity index (χ1) is 5.84. The Bertz CT molecular complexity index is 235. The molecule has 12 heavy (non-hydrogen) atoms. The van der Waals surface area contributed by atoms with E-state index >= 15 is 0 Å². The van der Waals surface area contributed by atoms with Crippen LogP contribution in [0.3, 0.4) is 0 Å². The van der Waals surface area contributed by atoms with Crippen LogP contribution in [0.15, 0.2) is 12.3 Å². The van der Waals surface area contributed by atoms with Gasteiger partial charge in [0.1, 0.15) is 0 Å². The fourth-order valence-corrected chi connectivity index (χ4v) is 1.02. The zero-order valence-corrected chi connectivity index (χ0v) is 7.63. The second kappa shape index (κ2) is 4.88. The first kappa shape index (κ1) is 9.20. The molecule has 0 fully saturated rings. The van der Waals surface area contributed by atoms with Gasteiger partial charge >= 0.3 is 0 Å². The molecule has 1 aromatic heterocycles. The molecule has 1 aromatic rings. The average Bonchev–Trinajstić information content (AvgIpc) is 2.09. The Labute approximate surface area is 73.6 Å². The smallest absolute Gasteiger partial charge is 0.0924 e. The zero-order valence-electron chi connectivity index (χ0n) is 7.63. The van der Waals surface area contributed by atoms with Crippen molar-refractivity contribution in [3.8, 4) is 0 Å². The molecule has 2 nitrogen and oxygen atoms in total. The summed E-state index contributed by atoms with van der Waals surface area (Å²) in [5, 5.41) is 0. The lowest BCUT2D eigenvalue weighted by Crippen LogP contribution is -2.00. The molecule has 0 aromatic carbocycles. The number of hydrogen-bond donors (Lipinski definition) is 0. The van der Waals surface area contributed by atoms with E-state index in [0.29, 0.717) is 0 Å². The Hall–Kier alpha value is -0.890. The third kappa shape index (κ3) is 2.62. The van der Waals surface area contributed by atoms with E-state index in [9.17, 15) is 0 Å². The largest absolute Gasteiger partial charge is 0.381 e. The summed E-state index contributed by atoms with van der Waals surface area (Å²) in [6, 6.07) is 2.00. The fraction of sp³-hybridized carbons (Fsp3) is 0.500. The van der Waals surface area contributed by atoms with E-state index in [1.807, 2.05) is 13.0 Å². The molecule has 0 aliphatic rings. The van der Waals surface area contributed by atoms with Crippen molar-refractivity contribution in [2.24, 2.45) is 0 Å². The number of nitrogens with zero attached hydrogens (tertiary/aromatic N) is 1. The molecule has 0 spiro atoms. The fourth-order valence-electron chi connectivity index (χ4n) is 1.02. The van der Waals surface area contributed by atoms with Crippen molar-refractivity contribution >= 4 is 0 Å². The number of hydrogen-bond acceptors (Lipinski definition) is 2. The Morgan fingerprint density at radius 3 is 3.08 bits per heavy atom. The predicted octanol–water partition coefficient (Wildman–Crippen LogP) is 1.77. The number of aryl methyl sites for hydroxylation is 1. The maximum Gasteiger partial charge on any atom is 0.0924 e. The van der Waals surface area contributed by atoms with E-state index in [4.69, 9.17) is 4.74 Å². The second-order valence-corrected chi connectivity index (χ2v) is 2.67. The number of aromatic nitrogens is 1. The lowest BCUT2D eigenvalue weighted by molar-refractivity contribution is 0.150.